The zero-order valence-corrected chi connectivity index (χ0v) is 21.4. The predicted octanol–water partition coefficient (Wildman–Crippen LogP) is 5.20. The van der Waals surface area contributed by atoms with Gasteiger partial charge in [-0.25, -0.2) is 0 Å². The van der Waals surface area contributed by atoms with Crippen LogP contribution in [0.25, 0.3) is 0 Å². The summed E-state index contributed by atoms with van der Waals surface area (Å²) in [5.41, 5.74) is 2.98. The molecular formula is C29H36N2O5. The number of methoxy groups -OCH3 is 3. The highest BCUT2D eigenvalue weighted by Gasteiger charge is 2.41. The van der Waals surface area contributed by atoms with Crippen LogP contribution in [0.3, 0.4) is 0 Å². The first kappa shape index (κ1) is 25.6. The Morgan fingerprint density at radius 1 is 0.972 bits per heavy atom. The van der Waals surface area contributed by atoms with Crippen LogP contribution in [0.15, 0.2) is 54.1 Å². The van der Waals surface area contributed by atoms with Gasteiger partial charge in [0, 0.05) is 18.7 Å². The van der Waals surface area contributed by atoms with E-state index in [1.807, 2.05) is 42.5 Å². The second-order valence-corrected chi connectivity index (χ2v) is 9.32. The summed E-state index contributed by atoms with van der Waals surface area (Å²) in [7, 11) is 4.78. The highest BCUT2D eigenvalue weighted by Crippen LogP contribution is 2.42. The van der Waals surface area contributed by atoms with Crippen LogP contribution in [0.1, 0.15) is 56.6 Å². The van der Waals surface area contributed by atoms with E-state index >= 15 is 0 Å². The average molecular weight is 493 g/mol. The van der Waals surface area contributed by atoms with E-state index < -0.39 is 12.0 Å². The second-order valence-electron chi connectivity index (χ2n) is 9.32. The number of piperidine rings is 1. The van der Waals surface area contributed by atoms with Crippen LogP contribution in [-0.2, 0) is 9.59 Å². The van der Waals surface area contributed by atoms with Gasteiger partial charge in [0.1, 0.15) is 5.75 Å². The highest BCUT2D eigenvalue weighted by atomic mass is 16.5. The smallest absolute Gasteiger partial charge is 0.227 e. The highest BCUT2D eigenvalue weighted by molar-refractivity contribution is 5.97. The second kappa shape index (κ2) is 12.0. The Morgan fingerprint density at radius 2 is 1.75 bits per heavy atom. The number of amides is 2. The third-order valence-electron chi connectivity index (χ3n) is 7.16. The van der Waals surface area contributed by atoms with E-state index in [9.17, 15) is 9.59 Å². The molecular weight excluding hydrogens is 456 g/mol. The third kappa shape index (κ3) is 5.66. The fourth-order valence-corrected chi connectivity index (χ4v) is 5.24. The quantitative estimate of drug-likeness (QED) is 0.487. The van der Waals surface area contributed by atoms with E-state index in [-0.39, 0.29) is 11.8 Å². The minimum absolute atomic E-state index is 0.0173. The van der Waals surface area contributed by atoms with Gasteiger partial charge in [-0.3, -0.25) is 9.59 Å². The van der Waals surface area contributed by atoms with E-state index in [0.29, 0.717) is 36.6 Å². The molecule has 36 heavy (non-hydrogen) atoms. The zero-order valence-electron chi connectivity index (χ0n) is 21.4. The van der Waals surface area contributed by atoms with Gasteiger partial charge in [-0.05, 0) is 80.5 Å². The molecule has 2 amide bonds. The topological polar surface area (TPSA) is 77.1 Å². The molecule has 192 valence electrons. The summed E-state index contributed by atoms with van der Waals surface area (Å²) in [6.45, 7) is 0.607. The molecule has 7 nitrogen and oxygen atoms in total. The van der Waals surface area contributed by atoms with Crippen molar-refractivity contribution >= 4 is 17.5 Å². The molecule has 0 spiro atoms. The number of carbonyl (C=O) groups excluding carboxylic acids is 2. The minimum Gasteiger partial charge on any atom is -0.497 e. The summed E-state index contributed by atoms with van der Waals surface area (Å²) in [4.78, 5) is 28.6. The number of allylic oxidation sites excluding steroid dienone is 1. The first-order valence-corrected chi connectivity index (χ1v) is 12.7. The number of rotatable bonds is 9. The normalized spacial score (nSPS) is 19.9. The molecule has 1 fully saturated rings. The first-order chi connectivity index (χ1) is 17.5. The van der Waals surface area contributed by atoms with E-state index in [0.717, 1.165) is 30.5 Å². The molecule has 2 atom stereocenters. The molecule has 1 aliphatic heterocycles. The van der Waals surface area contributed by atoms with E-state index in [2.05, 4.69) is 11.4 Å². The van der Waals surface area contributed by atoms with Crippen LogP contribution >= 0.6 is 0 Å². The molecule has 4 rings (SSSR count). The van der Waals surface area contributed by atoms with Gasteiger partial charge in [-0.15, -0.1) is 0 Å². The van der Waals surface area contributed by atoms with Crippen molar-refractivity contribution in [3.05, 3.63) is 59.7 Å². The van der Waals surface area contributed by atoms with Crippen LogP contribution in [0.2, 0.25) is 0 Å². The van der Waals surface area contributed by atoms with E-state index in [4.69, 9.17) is 14.2 Å². The van der Waals surface area contributed by atoms with Crippen LogP contribution in [-0.4, -0.2) is 39.7 Å². The van der Waals surface area contributed by atoms with Crippen LogP contribution in [0.4, 0.5) is 5.69 Å². The number of nitrogens with zero attached hydrogens (tertiary/aromatic N) is 1. The summed E-state index contributed by atoms with van der Waals surface area (Å²) >= 11 is 0. The maximum Gasteiger partial charge on any atom is 0.227 e. The Balaban J connectivity index is 1.65. The maximum atomic E-state index is 13.5. The Kier molecular flexibility index (Phi) is 8.52. The molecule has 1 N–H and O–H groups in total. The molecule has 1 aliphatic carbocycles. The lowest BCUT2D eigenvalue weighted by atomic mass is 9.83. The first-order valence-electron chi connectivity index (χ1n) is 12.7. The van der Waals surface area contributed by atoms with Crippen LogP contribution in [0, 0.1) is 5.92 Å². The van der Waals surface area contributed by atoms with Gasteiger partial charge in [0.2, 0.25) is 11.8 Å². The number of nitrogens with one attached hydrogen (secondary N) is 1. The summed E-state index contributed by atoms with van der Waals surface area (Å²) in [6, 6.07) is 12.5. The van der Waals surface area contributed by atoms with Gasteiger partial charge in [-0.1, -0.05) is 17.7 Å². The van der Waals surface area contributed by atoms with E-state index in [1.54, 1.807) is 26.2 Å². The largest absolute Gasteiger partial charge is 0.497 e. The standard InChI is InChI=1S/C29H36N2O5/c1-34-23-12-10-22(11-13-23)31-27(32)16-14-24(29(33)30-18-17-20-7-5-4-6-8-20)28(31)21-9-15-25(35-2)26(19-21)36-3/h7,9-13,15,19,24,28H,4-6,8,14,16-18H2,1-3H3,(H,30,33)/t24-,28+/m0/s1. The number of benzene rings is 2. The zero-order chi connectivity index (χ0) is 25.5. The third-order valence-corrected chi connectivity index (χ3v) is 7.16. The van der Waals surface area contributed by atoms with Crippen molar-refractivity contribution < 1.29 is 23.8 Å². The lowest BCUT2D eigenvalue weighted by molar-refractivity contribution is -0.129. The molecule has 0 radical (unpaired) electrons. The fraction of sp³-hybridized carbons (Fsp3) is 0.448. The van der Waals surface area contributed by atoms with Crippen molar-refractivity contribution in [1.82, 2.24) is 5.32 Å². The molecule has 0 bridgehead atoms. The molecule has 0 unspecified atom stereocenters. The SMILES string of the molecule is COc1ccc(N2C(=O)CC[C@H](C(=O)NCCC3=CCCCC3)[C@H]2c2ccc(OC)c(OC)c2)cc1. The Hall–Kier alpha value is -3.48. The molecule has 2 aliphatic rings. The number of hydrogen-bond acceptors (Lipinski definition) is 5. The van der Waals surface area contributed by atoms with Crippen molar-refractivity contribution in [1.29, 1.82) is 0 Å². The fourth-order valence-electron chi connectivity index (χ4n) is 5.24. The predicted molar refractivity (Wildman–Crippen MR) is 140 cm³/mol. The Bertz CT molecular complexity index is 1100. The summed E-state index contributed by atoms with van der Waals surface area (Å²) in [5.74, 6) is 1.42. The minimum atomic E-state index is -0.478. The van der Waals surface area contributed by atoms with Gasteiger partial charge in [0.15, 0.2) is 11.5 Å². The van der Waals surface area contributed by atoms with Gasteiger partial charge >= 0.3 is 0 Å². The summed E-state index contributed by atoms with van der Waals surface area (Å²) in [5, 5.41) is 3.16. The lowest BCUT2D eigenvalue weighted by Gasteiger charge is -2.41. The molecule has 2 aromatic carbocycles. The molecule has 2 aromatic rings. The monoisotopic (exact) mass is 492 g/mol. The van der Waals surface area contributed by atoms with Gasteiger partial charge in [0.05, 0.1) is 33.3 Å². The maximum absolute atomic E-state index is 13.5. The number of anilines is 1. The molecule has 1 heterocycles. The Labute approximate surface area is 213 Å². The molecule has 0 saturated carbocycles. The Morgan fingerprint density at radius 3 is 2.42 bits per heavy atom. The molecule has 1 saturated heterocycles. The van der Waals surface area contributed by atoms with Crippen molar-refractivity contribution in [3.8, 4) is 17.2 Å². The molecule has 7 heteroatoms. The van der Waals surface area contributed by atoms with Crippen LogP contribution in [0.5, 0.6) is 17.2 Å². The molecule has 0 aromatic heterocycles. The van der Waals surface area contributed by atoms with Crippen molar-refractivity contribution in [2.75, 3.05) is 32.8 Å². The van der Waals surface area contributed by atoms with Crippen molar-refractivity contribution in [2.24, 2.45) is 5.92 Å². The number of carbonyl (C=O) groups is 2. The van der Waals surface area contributed by atoms with Crippen molar-refractivity contribution in [3.63, 3.8) is 0 Å². The summed E-state index contributed by atoms with van der Waals surface area (Å²) < 4.78 is 16.3. The lowest BCUT2D eigenvalue weighted by Crippen LogP contribution is -2.48. The number of hydrogen-bond donors (Lipinski definition) is 1. The van der Waals surface area contributed by atoms with Gasteiger partial charge in [0.25, 0.3) is 0 Å². The van der Waals surface area contributed by atoms with Crippen LogP contribution < -0.4 is 24.4 Å². The summed E-state index contributed by atoms with van der Waals surface area (Å²) in [6.07, 6.45) is 8.70. The average Bonchev–Trinajstić information content (AvgIpc) is 2.93. The number of ether oxygens (including phenoxy) is 3. The van der Waals surface area contributed by atoms with Gasteiger partial charge in [-0.2, -0.15) is 0 Å². The van der Waals surface area contributed by atoms with E-state index in [1.165, 1.54) is 18.4 Å². The van der Waals surface area contributed by atoms with Gasteiger partial charge < -0.3 is 24.4 Å². The van der Waals surface area contributed by atoms with Crippen molar-refractivity contribution in [2.45, 2.75) is 51.0 Å².